The van der Waals surface area contributed by atoms with Crippen LogP contribution in [-0.2, 0) is 4.74 Å². The van der Waals surface area contributed by atoms with Gasteiger partial charge in [0.2, 0.25) is 0 Å². The number of hydrogen-bond acceptors (Lipinski definition) is 2. The second-order valence-electron chi connectivity index (χ2n) is 8.47. The molecule has 0 saturated heterocycles. The number of nitrogens with zero attached hydrogens (tertiary/aromatic N) is 1. The Morgan fingerprint density at radius 1 is 0.880 bits per heavy atom. The van der Waals surface area contributed by atoms with Crippen molar-refractivity contribution in [2.75, 3.05) is 6.61 Å². The molecule has 0 spiro atoms. The summed E-state index contributed by atoms with van der Waals surface area (Å²) in [5, 5.41) is 8.51. The van der Waals surface area contributed by atoms with Gasteiger partial charge in [0.15, 0.2) is 0 Å². The van der Waals surface area contributed by atoms with Crippen LogP contribution in [0.2, 0.25) is 0 Å². The molecular formula is C23H39NO. The van der Waals surface area contributed by atoms with Gasteiger partial charge in [-0.05, 0) is 69.1 Å². The quantitative estimate of drug-likeness (QED) is 0.322. The lowest BCUT2D eigenvalue weighted by Crippen LogP contribution is -2.26. The molecular weight excluding hydrogens is 306 g/mol. The molecule has 2 aliphatic rings. The normalized spacial score (nSPS) is 30.4. The van der Waals surface area contributed by atoms with Crippen molar-refractivity contribution >= 4 is 0 Å². The Bertz CT molecular complexity index is 395. The maximum absolute atomic E-state index is 8.51. The molecule has 0 unspecified atom stereocenters. The van der Waals surface area contributed by atoms with Gasteiger partial charge in [0, 0.05) is 12.7 Å². The van der Waals surface area contributed by atoms with E-state index in [1.165, 1.54) is 83.5 Å². The van der Waals surface area contributed by atoms with Crippen molar-refractivity contribution in [3.8, 4) is 6.07 Å². The second kappa shape index (κ2) is 12.5. The first-order valence-electron chi connectivity index (χ1n) is 11.0. The molecule has 0 aliphatic heterocycles. The number of rotatable bonds is 10. The van der Waals surface area contributed by atoms with E-state index in [1.54, 1.807) is 6.08 Å². The Labute approximate surface area is 156 Å². The number of ether oxygens (including phenoxy) is 1. The molecule has 0 N–H and O–H groups in total. The molecule has 2 aliphatic carbocycles. The Hall–Kier alpha value is -0.810. The standard InChI is InChI=1S/C23H39NO/c1-2-3-5-8-20-10-12-22(13-11-20)19-25-23-16-14-21(15-17-23)9-6-4-7-18-24/h4,7,20-23H,2-3,5-6,8-17,19H2,1H3/t20-,21?,22-,23?. The third-order valence-corrected chi connectivity index (χ3v) is 6.48. The summed E-state index contributed by atoms with van der Waals surface area (Å²) in [6, 6.07) is 2.07. The Kier molecular flexibility index (Phi) is 10.3. The predicted molar refractivity (Wildman–Crippen MR) is 105 cm³/mol. The van der Waals surface area contributed by atoms with Crippen molar-refractivity contribution in [2.45, 2.75) is 103 Å². The lowest BCUT2D eigenvalue weighted by molar-refractivity contribution is -0.0102. The molecule has 2 rings (SSSR count). The highest BCUT2D eigenvalue weighted by atomic mass is 16.5. The summed E-state index contributed by atoms with van der Waals surface area (Å²) in [4.78, 5) is 0. The van der Waals surface area contributed by atoms with E-state index in [4.69, 9.17) is 10.00 Å². The molecule has 0 aromatic rings. The monoisotopic (exact) mass is 345 g/mol. The first-order chi connectivity index (χ1) is 12.3. The van der Waals surface area contributed by atoms with E-state index in [0.717, 1.165) is 30.8 Å². The molecule has 25 heavy (non-hydrogen) atoms. The van der Waals surface area contributed by atoms with E-state index < -0.39 is 0 Å². The third kappa shape index (κ3) is 8.41. The third-order valence-electron chi connectivity index (χ3n) is 6.48. The molecule has 0 bridgehead atoms. The molecule has 2 saturated carbocycles. The first kappa shape index (κ1) is 20.5. The van der Waals surface area contributed by atoms with E-state index in [9.17, 15) is 0 Å². The fourth-order valence-electron chi connectivity index (χ4n) is 4.70. The van der Waals surface area contributed by atoms with E-state index in [0.29, 0.717) is 6.10 Å². The van der Waals surface area contributed by atoms with Crippen LogP contribution in [0.5, 0.6) is 0 Å². The van der Waals surface area contributed by atoms with Gasteiger partial charge in [0.1, 0.15) is 0 Å². The Balaban J connectivity index is 1.51. The molecule has 2 fully saturated rings. The van der Waals surface area contributed by atoms with Gasteiger partial charge in [-0.25, -0.2) is 0 Å². The summed E-state index contributed by atoms with van der Waals surface area (Å²) in [5.74, 6) is 2.69. The minimum Gasteiger partial charge on any atom is -0.378 e. The maximum atomic E-state index is 8.51. The topological polar surface area (TPSA) is 33.0 Å². The zero-order chi connectivity index (χ0) is 17.7. The van der Waals surface area contributed by atoms with Gasteiger partial charge in [0.05, 0.1) is 12.2 Å². The van der Waals surface area contributed by atoms with Crippen LogP contribution in [-0.4, -0.2) is 12.7 Å². The molecule has 0 atom stereocenters. The van der Waals surface area contributed by atoms with Crippen LogP contribution in [0.25, 0.3) is 0 Å². The van der Waals surface area contributed by atoms with Crippen LogP contribution < -0.4 is 0 Å². The van der Waals surface area contributed by atoms with Crippen LogP contribution in [0.1, 0.15) is 96.8 Å². The Morgan fingerprint density at radius 3 is 2.20 bits per heavy atom. The molecule has 0 aromatic carbocycles. The fraction of sp³-hybridized carbons (Fsp3) is 0.870. The lowest BCUT2D eigenvalue weighted by Gasteiger charge is -2.32. The summed E-state index contributed by atoms with van der Waals surface area (Å²) < 4.78 is 6.29. The van der Waals surface area contributed by atoms with Gasteiger partial charge >= 0.3 is 0 Å². The number of allylic oxidation sites excluding steroid dienone is 2. The molecule has 142 valence electrons. The molecule has 0 heterocycles. The van der Waals surface area contributed by atoms with Crippen molar-refractivity contribution in [3.63, 3.8) is 0 Å². The van der Waals surface area contributed by atoms with Gasteiger partial charge in [0.25, 0.3) is 0 Å². The van der Waals surface area contributed by atoms with Crippen molar-refractivity contribution in [1.82, 2.24) is 0 Å². The highest BCUT2D eigenvalue weighted by Crippen LogP contribution is 2.34. The summed E-state index contributed by atoms with van der Waals surface area (Å²) in [7, 11) is 0. The van der Waals surface area contributed by atoms with Crippen LogP contribution in [0.15, 0.2) is 12.2 Å². The minimum atomic E-state index is 0.521. The van der Waals surface area contributed by atoms with Crippen LogP contribution in [0, 0.1) is 29.1 Å². The summed E-state index contributed by atoms with van der Waals surface area (Å²) >= 11 is 0. The van der Waals surface area contributed by atoms with Gasteiger partial charge in [-0.3, -0.25) is 0 Å². The highest BCUT2D eigenvalue weighted by molar-refractivity contribution is 5.01. The molecule has 2 nitrogen and oxygen atoms in total. The molecule has 0 aromatic heterocycles. The lowest BCUT2D eigenvalue weighted by atomic mass is 9.80. The predicted octanol–water partition coefficient (Wildman–Crippen LogP) is 6.81. The average Bonchev–Trinajstić information content (AvgIpc) is 2.66. The zero-order valence-electron chi connectivity index (χ0n) is 16.4. The van der Waals surface area contributed by atoms with Crippen molar-refractivity contribution < 1.29 is 4.74 Å². The molecule has 0 radical (unpaired) electrons. The number of hydrogen-bond donors (Lipinski definition) is 0. The van der Waals surface area contributed by atoms with Gasteiger partial charge in [-0.15, -0.1) is 0 Å². The largest absolute Gasteiger partial charge is 0.378 e. The first-order valence-corrected chi connectivity index (χ1v) is 11.0. The van der Waals surface area contributed by atoms with Gasteiger partial charge < -0.3 is 4.74 Å². The van der Waals surface area contributed by atoms with Crippen molar-refractivity contribution in [2.24, 2.45) is 17.8 Å². The van der Waals surface area contributed by atoms with Crippen molar-refractivity contribution in [1.29, 1.82) is 5.26 Å². The number of unbranched alkanes of at least 4 members (excludes halogenated alkanes) is 2. The maximum Gasteiger partial charge on any atom is 0.0908 e. The minimum absolute atomic E-state index is 0.521. The average molecular weight is 346 g/mol. The van der Waals surface area contributed by atoms with Crippen molar-refractivity contribution in [3.05, 3.63) is 12.2 Å². The second-order valence-corrected chi connectivity index (χ2v) is 8.47. The molecule has 2 heteroatoms. The fourth-order valence-corrected chi connectivity index (χ4v) is 4.70. The van der Waals surface area contributed by atoms with Gasteiger partial charge in [-0.1, -0.05) is 51.5 Å². The molecule has 0 amide bonds. The smallest absolute Gasteiger partial charge is 0.0908 e. The van der Waals surface area contributed by atoms with E-state index in [1.807, 2.05) is 6.08 Å². The summed E-state index contributed by atoms with van der Waals surface area (Å²) in [5.41, 5.74) is 0. The number of nitriles is 1. The van der Waals surface area contributed by atoms with E-state index >= 15 is 0 Å². The van der Waals surface area contributed by atoms with E-state index in [2.05, 4.69) is 13.0 Å². The SMILES string of the molecule is CCCCC[C@H]1CC[C@H](COC2CCC(CCC=CC#N)CC2)CC1. The van der Waals surface area contributed by atoms with Crippen LogP contribution in [0.4, 0.5) is 0 Å². The summed E-state index contributed by atoms with van der Waals surface area (Å²) in [6.45, 7) is 3.31. The summed E-state index contributed by atoms with van der Waals surface area (Å²) in [6.07, 6.45) is 23.0. The van der Waals surface area contributed by atoms with Gasteiger partial charge in [-0.2, -0.15) is 5.26 Å². The van der Waals surface area contributed by atoms with Crippen LogP contribution in [0.3, 0.4) is 0 Å². The highest BCUT2D eigenvalue weighted by Gasteiger charge is 2.24. The Morgan fingerprint density at radius 2 is 1.52 bits per heavy atom. The zero-order valence-corrected chi connectivity index (χ0v) is 16.4. The van der Waals surface area contributed by atoms with E-state index in [-0.39, 0.29) is 0 Å². The van der Waals surface area contributed by atoms with Crippen LogP contribution >= 0.6 is 0 Å².